The number of phenols is 1. The molecule has 0 aromatic heterocycles. The van der Waals surface area contributed by atoms with Crippen molar-refractivity contribution in [1.29, 1.82) is 0 Å². The Hall–Kier alpha value is -1.60. The Morgan fingerprint density at radius 1 is 0.963 bits per heavy atom. The highest BCUT2D eigenvalue weighted by Gasteiger charge is 2.25. The van der Waals surface area contributed by atoms with E-state index in [1.54, 1.807) is 0 Å². The Labute approximate surface area is 162 Å². The third-order valence-electron chi connectivity index (χ3n) is 4.85. The first-order chi connectivity index (χ1) is 12.7. The standard InChI is InChI=1S/C20H32O6S/c1-3-4-5-6-7-8-9-10-11-12-13-16-14-17(20(22)23)18(21)15(2)19(16)27(24,25)26/h14,21H,3-13H2,1-2H3,(H,22,23)(H,24,25,26). The van der Waals surface area contributed by atoms with Gasteiger partial charge in [-0.05, 0) is 31.4 Å². The van der Waals surface area contributed by atoms with Crippen molar-refractivity contribution in [3.63, 3.8) is 0 Å². The molecule has 3 N–H and O–H groups in total. The van der Waals surface area contributed by atoms with Gasteiger partial charge in [0.05, 0.1) is 0 Å². The van der Waals surface area contributed by atoms with Gasteiger partial charge in [0.1, 0.15) is 16.2 Å². The zero-order valence-corrected chi connectivity index (χ0v) is 17.1. The summed E-state index contributed by atoms with van der Waals surface area (Å²) in [5, 5.41) is 19.1. The summed E-state index contributed by atoms with van der Waals surface area (Å²) < 4.78 is 32.9. The molecule has 1 aromatic carbocycles. The van der Waals surface area contributed by atoms with E-state index in [1.165, 1.54) is 45.4 Å². The lowest BCUT2D eigenvalue weighted by Crippen LogP contribution is -2.10. The van der Waals surface area contributed by atoms with Gasteiger partial charge in [0.15, 0.2) is 0 Å². The van der Waals surface area contributed by atoms with Crippen LogP contribution in [-0.4, -0.2) is 29.2 Å². The quantitative estimate of drug-likeness (QED) is 0.313. The molecule has 0 amide bonds. The number of hydrogen-bond donors (Lipinski definition) is 3. The monoisotopic (exact) mass is 400 g/mol. The van der Waals surface area contributed by atoms with Gasteiger partial charge in [0.25, 0.3) is 10.1 Å². The lowest BCUT2D eigenvalue weighted by atomic mass is 9.99. The van der Waals surface area contributed by atoms with Crippen molar-refractivity contribution >= 4 is 16.1 Å². The zero-order valence-electron chi connectivity index (χ0n) is 16.3. The highest BCUT2D eigenvalue weighted by atomic mass is 32.2. The topological polar surface area (TPSA) is 112 Å². The molecule has 0 atom stereocenters. The zero-order chi connectivity index (χ0) is 20.4. The Kier molecular flexibility index (Phi) is 9.80. The number of rotatable bonds is 13. The van der Waals surface area contributed by atoms with E-state index in [0.29, 0.717) is 12.8 Å². The second kappa shape index (κ2) is 11.3. The summed E-state index contributed by atoms with van der Waals surface area (Å²) in [6.45, 7) is 3.50. The van der Waals surface area contributed by atoms with Crippen LogP contribution in [0.4, 0.5) is 0 Å². The molecule has 0 spiro atoms. The maximum absolute atomic E-state index is 11.7. The molecule has 0 saturated carbocycles. The first kappa shape index (κ1) is 23.4. The molecule has 0 aliphatic carbocycles. The number of unbranched alkanes of at least 4 members (excludes halogenated alkanes) is 9. The molecular weight excluding hydrogens is 368 g/mol. The van der Waals surface area contributed by atoms with E-state index >= 15 is 0 Å². The van der Waals surface area contributed by atoms with Crippen LogP contribution in [0.1, 0.15) is 92.6 Å². The van der Waals surface area contributed by atoms with Gasteiger partial charge >= 0.3 is 5.97 Å². The lowest BCUT2D eigenvalue weighted by Gasteiger charge is -2.14. The normalized spacial score (nSPS) is 11.7. The molecule has 6 nitrogen and oxygen atoms in total. The Balaban J connectivity index is 2.63. The number of aryl methyl sites for hydroxylation is 1. The first-order valence-electron chi connectivity index (χ1n) is 9.76. The SMILES string of the molecule is CCCCCCCCCCCCc1cc(C(=O)O)c(O)c(C)c1S(=O)(=O)O. The number of benzene rings is 1. The molecule has 0 radical (unpaired) electrons. The van der Waals surface area contributed by atoms with Gasteiger partial charge in [-0.3, -0.25) is 4.55 Å². The molecule has 1 rings (SSSR count). The number of carboxylic acid groups (broad SMARTS) is 1. The summed E-state index contributed by atoms with van der Waals surface area (Å²) in [6.07, 6.45) is 11.7. The van der Waals surface area contributed by atoms with Crippen LogP contribution < -0.4 is 0 Å². The van der Waals surface area contributed by atoms with E-state index in [2.05, 4.69) is 6.92 Å². The lowest BCUT2D eigenvalue weighted by molar-refractivity contribution is 0.0693. The van der Waals surface area contributed by atoms with Gasteiger partial charge in [-0.1, -0.05) is 64.7 Å². The summed E-state index contributed by atoms with van der Waals surface area (Å²) in [5.41, 5.74) is -0.230. The number of carbonyl (C=O) groups is 1. The number of aromatic hydroxyl groups is 1. The van der Waals surface area contributed by atoms with Gasteiger partial charge in [-0.15, -0.1) is 0 Å². The molecule has 0 heterocycles. The van der Waals surface area contributed by atoms with Crippen molar-refractivity contribution in [2.24, 2.45) is 0 Å². The van der Waals surface area contributed by atoms with Crippen LogP contribution in [0.2, 0.25) is 0 Å². The summed E-state index contributed by atoms with van der Waals surface area (Å²) >= 11 is 0. The highest BCUT2D eigenvalue weighted by Crippen LogP contribution is 2.32. The molecule has 0 saturated heterocycles. The molecule has 0 aliphatic heterocycles. The molecule has 0 bridgehead atoms. The number of hydrogen-bond acceptors (Lipinski definition) is 4. The van der Waals surface area contributed by atoms with Crippen LogP contribution in [0.15, 0.2) is 11.0 Å². The Morgan fingerprint density at radius 2 is 1.44 bits per heavy atom. The van der Waals surface area contributed by atoms with Crippen molar-refractivity contribution < 1.29 is 28.0 Å². The van der Waals surface area contributed by atoms with Crippen molar-refractivity contribution in [3.8, 4) is 5.75 Å². The predicted octanol–water partition coefficient (Wildman–Crippen LogP) is 5.11. The van der Waals surface area contributed by atoms with Gasteiger partial charge in [-0.25, -0.2) is 4.79 Å². The number of aromatic carboxylic acids is 1. The van der Waals surface area contributed by atoms with E-state index < -0.39 is 21.8 Å². The largest absolute Gasteiger partial charge is 0.507 e. The van der Waals surface area contributed by atoms with Crippen LogP contribution in [0.3, 0.4) is 0 Å². The molecular formula is C20H32O6S. The summed E-state index contributed by atoms with van der Waals surface area (Å²) in [6, 6.07) is 1.15. The van der Waals surface area contributed by atoms with Crippen molar-refractivity contribution in [2.75, 3.05) is 0 Å². The molecule has 1 aromatic rings. The van der Waals surface area contributed by atoms with Gasteiger partial charge in [-0.2, -0.15) is 8.42 Å². The third kappa shape index (κ3) is 7.50. The van der Waals surface area contributed by atoms with Gasteiger partial charge in [0.2, 0.25) is 0 Å². The predicted molar refractivity (Wildman–Crippen MR) is 105 cm³/mol. The molecule has 27 heavy (non-hydrogen) atoms. The second-order valence-electron chi connectivity index (χ2n) is 7.10. The van der Waals surface area contributed by atoms with Crippen molar-refractivity contribution in [3.05, 3.63) is 22.8 Å². The maximum atomic E-state index is 11.7. The van der Waals surface area contributed by atoms with Crippen LogP contribution in [0, 0.1) is 6.92 Å². The number of carboxylic acids is 1. The molecule has 0 fully saturated rings. The molecule has 0 aliphatic rings. The van der Waals surface area contributed by atoms with Crippen LogP contribution in [0.5, 0.6) is 5.75 Å². The van der Waals surface area contributed by atoms with Crippen LogP contribution >= 0.6 is 0 Å². The van der Waals surface area contributed by atoms with Gasteiger partial charge < -0.3 is 10.2 Å². The fourth-order valence-electron chi connectivity index (χ4n) is 3.37. The van der Waals surface area contributed by atoms with Crippen molar-refractivity contribution in [1.82, 2.24) is 0 Å². The average molecular weight is 401 g/mol. The Bertz CT molecular complexity index is 724. The average Bonchev–Trinajstić information content (AvgIpc) is 2.57. The third-order valence-corrected chi connectivity index (χ3v) is 5.93. The molecule has 7 heteroatoms. The summed E-state index contributed by atoms with van der Waals surface area (Å²) in [4.78, 5) is 10.9. The minimum absolute atomic E-state index is 0.125. The highest BCUT2D eigenvalue weighted by molar-refractivity contribution is 7.86. The fraction of sp³-hybridized carbons (Fsp3) is 0.650. The minimum atomic E-state index is -4.54. The van der Waals surface area contributed by atoms with Crippen LogP contribution in [0.25, 0.3) is 0 Å². The van der Waals surface area contributed by atoms with Gasteiger partial charge in [0, 0.05) is 5.56 Å². The van der Waals surface area contributed by atoms with E-state index in [4.69, 9.17) is 0 Å². The van der Waals surface area contributed by atoms with E-state index in [9.17, 15) is 28.0 Å². The van der Waals surface area contributed by atoms with E-state index in [1.807, 2.05) is 0 Å². The summed E-state index contributed by atoms with van der Waals surface area (Å²) in [5.74, 6) is -1.95. The molecule has 154 valence electrons. The minimum Gasteiger partial charge on any atom is -0.507 e. The van der Waals surface area contributed by atoms with E-state index in [-0.39, 0.29) is 21.6 Å². The summed E-state index contributed by atoms with van der Waals surface area (Å²) in [7, 11) is -4.54. The van der Waals surface area contributed by atoms with Crippen molar-refractivity contribution in [2.45, 2.75) is 89.4 Å². The Morgan fingerprint density at radius 3 is 1.89 bits per heavy atom. The smallest absolute Gasteiger partial charge is 0.339 e. The molecule has 0 unspecified atom stereocenters. The maximum Gasteiger partial charge on any atom is 0.339 e. The second-order valence-corrected chi connectivity index (χ2v) is 8.46. The first-order valence-corrected chi connectivity index (χ1v) is 11.2. The van der Waals surface area contributed by atoms with Crippen LogP contribution in [-0.2, 0) is 16.5 Å². The van der Waals surface area contributed by atoms with E-state index in [0.717, 1.165) is 25.3 Å². The fourth-order valence-corrected chi connectivity index (χ4v) is 4.35.